The molecule has 0 aliphatic carbocycles. The van der Waals surface area contributed by atoms with E-state index < -0.39 is 0 Å². The Kier molecular flexibility index (Phi) is 3.14. The van der Waals surface area contributed by atoms with Gasteiger partial charge in [0.2, 0.25) is 0 Å². The van der Waals surface area contributed by atoms with Crippen LogP contribution in [0.4, 0.5) is 5.95 Å². The first-order valence-corrected chi connectivity index (χ1v) is 7.28. The molecule has 0 unspecified atom stereocenters. The quantitative estimate of drug-likeness (QED) is 0.733. The number of imidazole rings is 1. The third-order valence-corrected chi connectivity index (χ3v) is 5.08. The zero-order valence-electron chi connectivity index (χ0n) is 9.78. The molecule has 0 saturated heterocycles. The number of nitrogens with one attached hydrogen (secondary N) is 2. The average Bonchev–Trinajstić information content (AvgIpc) is 2.90. The Morgan fingerprint density at radius 1 is 1.53 bits per heavy atom. The third kappa shape index (κ3) is 2.18. The number of aromatic nitrogens is 3. The van der Waals surface area contributed by atoms with Crippen LogP contribution in [0.5, 0.6) is 0 Å². The maximum Gasteiger partial charge on any atom is 0.268 e. The van der Waals surface area contributed by atoms with Crippen LogP contribution in [0.15, 0.2) is 21.3 Å². The van der Waals surface area contributed by atoms with E-state index in [1.54, 1.807) is 6.20 Å². The zero-order chi connectivity index (χ0) is 13.6. The van der Waals surface area contributed by atoms with Crippen molar-refractivity contribution in [1.29, 1.82) is 0 Å². The van der Waals surface area contributed by atoms with Crippen LogP contribution in [0.2, 0.25) is 0 Å². The molecule has 1 amide bonds. The number of amides is 1. The first-order chi connectivity index (χ1) is 9.06. The lowest BCUT2D eigenvalue weighted by Gasteiger charge is -2.27. The maximum absolute atomic E-state index is 11.8. The predicted molar refractivity (Wildman–Crippen MR) is 77.9 cm³/mol. The van der Waals surface area contributed by atoms with Gasteiger partial charge in [-0.3, -0.25) is 4.79 Å². The summed E-state index contributed by atoms with van der Waals surface area (Å²) in [5.74, 6) is 0.342. The van der Waals surface area contributed by atoms with Crippen LogP contribution in [0.1, 0.15) is 22.2 Å². The highest BCUT2D eigenvalue weighted by atomic mass is 79.9. The van der Waals surface area contributed by atoms with Crippen molar-refractivity contribution < 1.29 is 4.79 Å². The predicted octanol–water partition coefficient (Wildman–Crippen LogP) is 1.85. The van der Waals surface area contributed by atoms with E-state index >= 15 is 0 Å². The van der Waals surface area contributed by atoms with Gasteiger partial charge >= 0.3 is 0 Å². The van der Waals surface area contributed by atoms with Gasteiger partial charge in [0.15, 0.2) is 5.95 Å². The molecule has 4 N–H and O–H groups in total. The minimum absolute atomic E-state index is 0.0632. The molecule has 0 aromatic carbocycles. The fourth-order valence-corrected chi connectivity index (χ4v) is 3.29. The standard InChI is InChI=1S/C11H11Br2N5O/c12-7-2-8-10(19)15-4-6(18(8)9(7)13)1-5-3-16-11(14)17-5/h2-3,6H,1,4H2,(H,15,19)(H3,14,16,17)/t6-/m1/s1. The normalized spacial score (nSPS) is 18.2. The number of nitrogens with zero attached hydrogens (tertiary/aromatic N) is 2. The van der Waals surface area contributed by atoms with Crippen LogP contribution in [0.3, 0.4) is 0 Å². The molecule has 1 aliphatic heterocycles. The Balaban J connectivity index is 1.96. The van der Waals surface area contributed by atoms with Gasteiger partial charge in [0, 0.05) is 18.7 Å². The number of carbonyl (C=O) groups is 1. The van der Waals surface area contributed by atoms with E-state index in [9.17, 15) is 4.79 Å². The minimum atomic E-state index is -0.0632. The van der Waals surface area contributed by atoms with Crippen LogP contribution in [0.25, 0.3) is 0 Å². The number of fused-ring (bicyclic) bond motifs is 1. The van der Waals surface area contributed by atoms with Gasteiger partial charge in [-0.1, -0.05) is 0 Å². The van der Waals surface area contributed by atoms with Crippen LogP contribution < -0.4 is 11.1 Å². The van der Waals surface area contributed by atoms with Crippen molar-refractivity contribution >= 4 is 43.7 Å². The number of hydrogen-bond donors (Lipinski definition) is 3. The highest BCUT2D eigenvalue weighted by Gasteiger charge is 2.28. The smallest absolute Gasteiger partial charge is 0.268 e. The second-order valence-electron chi connectivity index (χ2n) is 4.40. The molecule has 2 aromatic heterocycles. The Morgan fingerprint density at radius 2 is 2.32 bits per heavy atom. The summed E-state index contributed by atoms with van der Waals surface area (Å²) in [6.45, 7) is 0.574. The Labute approximate surface area is 126 Å². The summed E-state index contributed by atoms with van der Waals surface area (Å²) in [4.78, 5) is 18.8. The van der Waals surface area contributed by atoms with Gasteiger partial charge in [-0.25, -0.2) is 4.98 Å². The van der Waals surface area contributed by atoms with E-state index in [-0.39, 0.29) is 11.9 Å². The minimum Gasteiger partial charge on any atom is -0.369 e. The van der Waals surface area contributed by atoms with E-state index in [0.717, 1.165) is 21.2 Å². The summed E-state index contributed by atoms with van der Waals surface area (Å²) < 4.78 is 3.73. The lowest BCUT2D eigenvalue weighted by Crippen LogP contribution is -2.39. The maximum atomic E-state index is 11.8. The number of H-pyrrole nitrogens is 1. The summed E-state index contributed by atoms with van der Waals surface area (Å²) in [7, 11) is 0. The average molecular weight is 389 g/mol. The molecule has 0 fully saturated rings. The molecule has 0 saturated carbocycles. The van der Waals surface area contributed by atoms with Gasteiger partial charge in [0.1, 0.15) is 5.69 Å². The summed E-state index contributed by atoms with van der Waals surface area (Å²) in [6, 6.07) is 1.93. The van der Waals surface area contributed by atoms with Gasteiger partial charge < -0.3 is 20.6 Å². The second-order valence-corrected chi connectivity index (χ2v) is 6.01. The van der Waals surface area contributed by atoms with Crippen LogP contribution in [-0.2, 0) is 6.42 Å². The Hall–Kier alpha value is -1.28. The number of aromatic amines is 1. The summed E-state index contributed by atoms with van der Waals surface area (Å²) in [6.07, 6.45) is 2.44. The molecule has 3 heterocycles. The molecule has 8 heteroatoms. The first-order valence-electron chi connectivity index (χ1n) is 5.70. The molecule has 19 heavy (non-hydrogen) atoms. The highest BCUT2D eigenvalue weighted by molar-refractivity contribution is 9.13. The lowest BCUT2D eigenvalue weighted by molar-refractivity contribution is 0.0914. The van der Waals surface area contributed by atoms with Crippen LogP contribution in [0, 0.1) is 0 Å². The molecule has 1 atom stereocenters. The van der Waals surface area contributed by atoms with Crippen molar-refractivity contribution in [3.63, 3.8) is 0 Å². The molecule has 6 nitrogen and oxygen atoms in total. The molecular weight excluding hydrogens is 378 g/mol. The van der Waals surface area contributed by atoms with Crippen LogP contribution in [-0.4, -0.2) is 27.0 Å². The molecule has 0 bridgehead atoms. The van der Waals surface area contributed by atoms with Gasteiger partial charge in [-0.2, -0.15) is 0 Å². The largest absolute Gasteiger partial charge is 0.369 e. The van der Waals surface area contributed by atoms with Gasteiger partial charge in [-0.05, 0) is 37.9 Å². The summed E-state index contributed by atoms with van der Waals surface area (Å²) >= 11 is 6.94. The Bertz CT molecular complexity index is 648. The van der Waals surface area contributed by atoms with Crippen molar-refractivity contribution in [1.82, 2.24) is 19.9 Å². The Morgan fingerprint density at radius 3 is 3.00 bits per heavy atom. The number of halogens is 2. The fourth-order valence-electron chi connectivity index (χ4n) is 2.29. The van der Waals surface area contributed by atoms with E-state index in [4.69, 9.17) is 5.73 Å². The summed E-state index contributed by atoms with van der Waals surface area (Å²) in [5, 5.41) is 2.89. The summed E-state index contributed by atoms with van der Waals surface area (Å²) in [5.41, 5.74) is 7.16. The lowest BCUT2D eigenvalue weighted by atomic mass is 10.1. The van der Waals surface area contributed by atoms with Crippen molar-refractivity contribution in [3.8, 4) is 0 Å². The number of nitrogen functional groups attached to an aromatic ring is 1. The van der Waals surface area contributed by atoms with E-state index in [1.165, 1.54) is 0 Å². The first kappa shape index (κ1) is 12.7. The van der Waals surface area contributed by atoms with E-state index in [1.807, 2.05) is 10.6 Å². The van der Waals surface area contributed by atoms with E-state index in [2.05, 4.69) is 47.1 Å². The van der Waals surface area contributed by atoms with Gasteiger partial charge in [0.05, 0.1) is 21.3 Å². The van der Waals surface area contributed by atoms with Gasteiger partial charge in [-0.15, -0.1) is 0 Å². The van der Waals surface area contributed by atoms with Crippen LogP contribution >= 0.6 is 31.9 Å². The fraction of sp³-hybridized carbons (Fsp3) is 0.273. The molecule has 3 rings (SSSR count). The number of hydrogen-bond acceptors (Lipinski definition) is 3. The van der Waals surface area contributed by atoms with Crippen molar-refractivity contribution in [2.45, 2.75) is 12.5 Å². The monoisotopic (exact) mass is 387 g/mol. The number of carbonyl (C=O) groups excluding carboxylic acids is 1. The highest BCUT2D eigenvalue weighted by Crippen LogP contribution is 2.33. The SMILES string of the molecule is Nc1ncc(C[C@@H]2CNC(=O)c3cc(Br)c(Br)n32)[nH]1. The van der Waals surface area contributed by atoms with Gasteiger partial charge in [0.25, 0.3) is 5.91 Å². The number of anilines is 1. The van der Waals surface area contributed by atoms with Crippen molar-refractivity contribution in [2.75, 3.05) is 12.3 Å². The zero-order valence-corrected chi connectivity index (χ0v) is 13.0. The molecule has 2 aromatic rings. The second kappa shape index (κ2) is 4.68. The molecule has 0 spiro atoms. The topological polar surface area (TPSA) is 88.7 Å². The number of nitrogens with two attached hydrogens (primary N) is 1. The number of rotatable bonds is 2. The molecule has 100 valence electrons. The molecule has 1 aliphatic rings. The van der Waals surface area contributed by atoms with Crippen molar-refractivity contribution in [3.05, 3.63) is 32.7 Å². The van der Waals surface area contributed by atoms with E-state index in [0.29, 0.717) is 18.2 Å². The van der Waals surface area contributed by atoms with Crippen molar-refractivity contribution in [2.24, 2.45) is 0 Å². The molecule has 0 radical (unpaired) electrons. The third-order valence-electron chi connectivity index (χ3n) is 3.13. The molecular formula is C11H11Br2N5O.